The van der Waals surface area contributed by atoms with E-state index < -0.39 is 0 Å². The first-order valence-electron chi connectivity index (χ1n) is 2.87. The number of carbonyl (C=O) groups is 1. The van der Waals surface area contributed by atoms with Gasteiger partial charge in [-0.05, 0) is 12.6 Å². The SMILES string of the molecule is C/C=C1\[N-]C(=S)N(C)C1=O.[Rb+]. The van der Waals surface area contributed by atoms with Gasteiger partial charge in [0.15, 0.2) is 5.91 Å². The summed E-state index contributed by atoms with van der Waals surface area (Å²) in [4.78, 5) is 12.4. The van der Waals surface area contributed by atoms with Crippen LogP contribution >= 0.6 is 12.2 Å². The van der Waals surface area contributed by atoms with Crippen LogP contribution in [0.2, 0.25) is 0 Å². The van der Waals surface area contributed by atoms with Crippen molar-refractivity contribution >= 4 is 23.2 Å². The molecule has 1 aliphatic heterocycles. The average molecular weight is 241 g/mol. The fraction of sp³-hybridized carbons (Fsp3) is 0.333. The van der Waals surface area contributed by atoms with E-state index in [1.165, 1.54) is 4.90 Å². The van der Waals surface area contributed by atoms with Crippen molar-refractivity contribution in [3.63, 3.8) is 0 Å². The maximum Gasteiger partial charge on any atom is 1.00 e. The molecule has 3 nitrogen and oxygen atoms in total. The minimum Gasteiger partial charge on any atom is -0.424 e. The van der Waals surface area contributed by atoms with E-state index >= 15 is 0 Å². The fourth-order valence-corrected chi connectivity index (χ4v) is 0.854. The molecule has 0 unspecified atom stereocenters. The summed E-state index contributed by atoms with van der Waals surface area (Å²) < 4.78 is 0. The van der Waals surface area contributed by atoms with E-state index in [4.69, 9.17) is 12.2 Å². The number of nitrogens with zero attached hydrogens (tertiary/aromatic N) is 2. The van der Waals surface area contributed by atoms with Gasteiger partial charge in [-0.15, -0.1) is 0 Å². The molecule has 54 valence electrons. The maximum absolute atomic E-state index is 11.0. The van der Waals surface area contributed by atoms with Crippen molar-refractivity contribution in [2.75, 3.05) is 7.05 Å². The summed E-state index contributed by atoms with van der Waals surface area (Å²) in [5, 5.41) is 4.18. The van der Waals surface area contributed by atoms with Gasteiger partial charge >= 0.3 is 58.2 Å². The third-order valence-electron chi connectivity index (χ3n) is 1.30. The van der Waals surface area contributed by atoms with Crippen LogP contribution in [0.25, 0.3) is 5.32 Å². The molecule has 1 heterocycles. The summed E-state index contributed by atoms with van der Waals surface area (Å²) in [5.41, 5.74) is 0.438. The number of carbonyl (C=O) groups excluding carboxylic acids is 1. The molecule has 0 radical (unpaired) electrons. The Morgan fingerprint density at radius 2 is 2.18 bits per heavy atom. The van der Waals surface area contributed by atoms with E-state index in [1.54, 1.807) is 20.0 Å². The van der Waals surface area contributed by atoms with Crippen LogP contribution < -0.4 is 58.2 Å². The van der Waals surface area contributed by atoms with Crippen molar-refractivity contribution in [2.24, 2.45) is 0 Å². The Morgan fingerprint density at radius 3 is 2.36 bits per heavy atom. The van der Waals surface area contributed by atoms with E-state index in [2.05, 4.69) is 5.32 Å². The molecule has 0 aromatic rings. The van der Waals surface area contributed by atoms with Crippen molar-refractivity contribution in [2.45, 2.75) is 6.92 Å². The molecule has 1 fully saturated rings. The molecule has 1 rings (SSSR count). The minimum absolute atomic E-state index is 0. The predicted octanol–water partition coefficient (Wildman–Crippen LogP) is -1.98. The third-order valence-corrected chi connectivity index (χ3v) is 1.67. The van der Waals surface area contributed by atoms with Crippen LogP contribution in [0.4, 0.5) is 0 Å². The van der Waals surface area contributed by atoms with Crippen molar-refractivity contribution < 1.29 is 63.0 Å². The van der Waals surface area contributed by atoms with Gasteiger partial charge < -0.3 is 10.2 Å². The zero-order valence-electron chi connectivity index (χ0n) is 6.79. The maximum atomic E-state index is 11.0. The number of rotatable bonds is 0. The summed E-state index contributed by atoms with van der Waals surface area (Å²) in [6, 6.07) is 0. The van der Waals surface area contributed by atoms with Crippen LogP contribution in [0.5, 0.6) is 0 Å². The molecule has 0 aromatic carbocycles. The van der Waals surface area contributed by atoms with Gasteiger partial charge in [0.1, 0.15) is 0 Å². The van der Waals surface area contributed by atoms with Gasteiger partial charge in [0.05, 0.1) is 0 Å². The van der Waals surface area contributed by atoms with E-state index in [9.17, 15) is 4.79 Å². The van der Waals surface area contributed by atoms with E-state index in [1.807, 2.05) is 0 Å². The third kappa shape index (κ3) is 2.42. The van der Waals surface area contributed by atoms with Gasteiger partial charge in [0.25, 0.3) is 0 Å². The molecular formula is C6H7N2ORbS. The molecule has 1 aliphatic rings. The zero-order valence-corrected chi connectivity index (χ0v) is 12.5. The van der Waals surface area contributed by atoms with Crippen molar-refractivity contribution in [3.05, 3.63) is 17.1 Å². The topological polar surface area (TPSA) is 34.4 Å². The first-order chi connectivity index (χ1) is 4.66. The van der Waals surface area contributed by atoms with Crippen LogP contribution in [0, 0.1) is 0 Å². The van der Waals surface area contributed by atoms with Gasteiger partial charge in [-0.2, -0.15) is 0 Å². The smallest absolute Gasteiger partial charge is 0.424 e. The minimum atomic E-state index is -0.118. The molecule has 5 heteroatoms. The number of likely N-dealkylation sites (N-methyl/N-ethyl adjacent to an activating group) is 1. The Bertz CT molecular complexity index is 227. The predicted molar refractivity (Wildman–Crippen MR) is 42.5 cm³/mol. The summed E-state index contributed by atoms with van der Waals surface area (Å²) in [6.45, 7) is 1.76. The summed E-state index contributed by atoms with van der Waals surface area (Å²) in [7, 11) is 1.62. The van der Waals surface area contributed by atoms with E-state index in [0.29, 0.717) is 10.8 Å². The first kappa shape index (κ1) is 11.9. The fourth-order valence-electron chi connectivity index (χ4n) is 0.673. The number of allylic oxidation sites excluding steroid dienone is 1. The van der Waals surface area contributed by atoms with Gasteiger partial charge in [-0.3, -0.25) is 4.79 Å². The van der Waals surface area contributed by atoms with Crippen LogP contribution in [-0.2, 0) is 4.79 Å². The summed E-state index contributed by atoms with van der Waals surface area (Å²) in [5.74, 6) is -0.118. The number of hydrogen-bond donors (Lipinski definition) is 0. The second-order valence-electron chi connectivity index (χ2n) is 1.93. The molecule has 0 saturated carbocycles. The van der Waals surface area contributed by atoms with Crippen LogP contribution in [0.3, 0.4) is 0 Å². The monoisotopic (exact) mass is 240 g/mol. The Morgan fingerprint density at radius 1 is 1.64 bits per heavy atom. The molecule has 0 aromatic heterocycles. The zero-order chi connectivity index (χ0) is 7.72. The summed E-state index contributed by atoms with van der Waals surface area (Å²) in [6.07, 6.45) is 1.65. The second-order valence-corrected chi connectivity index (χ2v) is 2.30. The quantitative estimate of drug-likeness (QED) is 0.364. The van der Waals surface area contributed by atoms with Gasteiger partial charge in [-0.25, -0.2) is 0 Å². The molecule has 0 atom stereocenters. The van der Waals surface area contributed by atoms with Gasteiger partial charge in [-0.1, -0.05) is 25.3 Å². The Kier molecular flexibility index (Phi) is 5.21. The first-order valence-corrected chi connectivity index (χ1v) is 3.27. The van der Waals surface area contributed by atoms with Crippen LogP contribution in [-0.4, -0.2) is 23.0 Å². The van der Waals surface area contributed by atoms with Crippen molar-refractivity contribution in [1.82, 2.24) is 4.90 Å². The van der Waals surface area contributed by atoms with Crippen molar-refractivity contribution in [1.29, 1.82) is 0 Å². The Labute approximate surface area is 120 Å². The van der Waals surface area contributed by atoms with E-state index in [-0.39, 0.29) is 64.1 Å². The number of hydrogen-bond acceptors (Lipinski definition) is 2. The molecule has 0 bridgehead atoms. The summed E-state index contributed by atoms with van der Waals surface area (Å²) >= 11 is 4.76. The molecular weight excluding hydrogens is 234 g/mol. The molecule has 11 heavy (non-hydrogen) atoms. The number of thiocarbonyl (C=S) groups is 1. The van der Waals surface area contributed by atoms with Gasteiger partial charge in [0.2, 0.25) is 0 Å². The normalized spacial score (nSPS) is 20.2. The number of amides is 1. The largest absolute Gasteiger partial charge is 1.00 e. The van der Waals surface area contributed by atoms with Gasteiger partial charge in [0, 0.05) is 5.11 Å². The molecule has 1 amide bonds. The standard InChI is InChI=1S/C6H8N2OS.Rb/c1-3-4-5(9)8(2)6(10)7-4;/h3H,1-2H3,(H,7,10);/q;+1/p-1/b4-3-;. The van der Waals surface area contributed by atoms with Crippen molar-refractivity contribution in [3.8, 4) is 0 Å². The average Bonchev–Trinajstić information content (AvgIpc) is 2.17. The molecule has 1 saturated heterocycles. The molecule has 0 N–H and O–H groups in total. The second kappa shape index (κ2) is 4.82. The molecule has 0 aliphatic carbocycles. The van der Waals surface area contributed by atoms with E-state index in [0.717, 1.165) is 0 Å². The van der Waals surface area contributed by atoms with Crippen LogP contribution in [0.15, 0.2) is 11.8 Å². The Hall–Kier alpha value is 0.905. The van der Waals surface area contributed by atoms with Crippen LogP contribution in [0.1, 0.15) is 6.92 Å². The molecule has 0 spiro atoms. The Balaban J connectivity index is 0.000001000.